The van der Waals surface area contributed by atoms with E-state index in [1.807, 2.05) is 0 Å². The summed E-state index contributed by atoms with van der Waals surface area (Å²) in [7, 11) is 0. The molecular weight excluding hydrogens is 709 g/mol. The molecule has 0 fully saturated rings. The van der Waals surface area contributed by atoms with Crippen LogP contribution < -0.4 is 0 Å². The lowest BCUT2D eigenvalue weighted by Crippen LogP contribution is -2.50. The van der Waals surface area contributed by atoms with E-state index in [0.29, 0.717) is 0 Å². The lowest BCUT2D eigenvalue weighted by molar-refractivity contribution is 0.0965. The zero-order chi connectivity index (χ0) is 40.3. The van der Waals surface area contributed by atoms with Gasteiger partial charge in [-0.1, -0.05) is 205 Å². The molecule has 10 aromatic rings. The Balaban J connectivity index is 1.18. The van der Waals surface area contributed by atoms with Crippen molar-refractivity contribution in [2.24, 2.45) is 10.8 Å². The van der Waals surface area contributed by atoms with Crippen LogP contribution in [0.25, 0.3) is 98.4 Å². The van der Waals surface area contributed by atoms with Crippen LogP contribution in [0.4, 0.5) is 0 Å². The first-order valence-electron chi connectivity index (χ1n) is 21.2. The monoisotopic (exact) mass is 756 g/mol. The number of benzene rings is 10. The Morgan fingerprint density at radius 3 is 1.25 bits per heavy atom. The maximum atomic E-state index is 2.58. The summed E-state index contributed by atoms with van der Waals surface area (Å²) in [5.74, 6) is 0. The largest absolute Gasteiger partial charge is 0.0622 e. The molecule has 10 aromatic carbocycles. The fourth-order valence-corrected chi connectivity index (χ4v) is 11.8. The van der Waals surface area contributed by atoms with Crippen LogP contribution in [0.5, 0.6) is 0 Å². The molecule has 0 unspecified atom stereocenters. The molecule has 0 bridgehead atoms. The Labute approximate surface area is 347 Å². The molecule has 11 rings (SSSR count). The summed E-state index contributed by atoms with van der Waals surface area (Å²) in [6.07, 6.45) is 0. The molecule has 0 heterocycles. The van der Waals surface area contributed by atoms with Crippen molar-refractivity contribution in [2.45, 2.75) is 47.0 Å². The smallest absolute Gasteiger partial charge is 0.0318 e. The molecule has 0 radical (unpaired) electrons. The maximum absolute atomic E-state index is 2.58. The summed E-state index contributed by atoms with van der Waals surface area (Å²) in [4.78, 5) is 0. The van der Waals surface area contributed by atoms with Crippen LogP contribution >= 0.6 is 0 Å². The molecule has 0 aromatic heterocycles. The highest BCUT2D eigenvalue weighted by atomic mass is 14.6. The van der Waals surface area contributed by atoms with Crippen molar-refractivity contribution < 1.29 is 0 Å². The maximum Gasteiger partial charge on any atom is 0.0318 e. The van der Waals surface area contributed by atoms with Crippen LogP contribution in [-0.4, -0.2) is 0 Å². The minimum Gasteiger partial charge on any atom is -0.0622 e. The Morgan fingerprint density at radius 2 is 0.712 bits per heavy atom. The summed E-state index contributed by atoms with van der Waals surface area (Å²) in [5, 5.41) is 13.1. The van der Waals surface area contributed by atoms with Crippen LogP contribution in [0.1, 0.15) is 52.7 Å². The van der Waals surface area contributed by atoms with Gasteiger partial charge in [-0.3, -0.25) is 0 Å². The van der Waals surface area contributed by atoms with Crippen molar-refractivity contribution in [3.8, 4) is 44.5 Å². The molecule has 0 N–H and O–H groups in total. The molecule has 0 aliphatic heterocycles. The third kappa shape index (κ3) is 5.02. The number of fused-ring (bicyclic) bond motifs is 11. The zero-order valence-corrected chi connectivity index (χ0v) is 34.8. The van der Waals surface area contributed by atoms with Crippen molar-refractivity contribution in [3.05, 3.63) is 193 Å². The van der Waals surface area contributed by atoms with Gasteiger partial charge in [0.1, 0.15) is 0 Å². The van der Waals surface area contributed by atoms with E-state index < -0.39 is 0 Å². The van der Waals surface area contributed by atoms with Gasteiger partial charge in [-0.2, -0.15) is 0 Å². The second-order valence-corrected chi connectivity index (χ2v) is 18.8. The molecule has 59 heavy (non-hydrogen) atoms. The number of hydrogen-bond acceptors (Lipinski definition) is 0. The highest BCUT2D eigenvalue weighted by molar-refractivity contribution is 6.22. The Bertz CT molecular complexity index is 3240. The molecule has 284 valence electrons. The third-order valence-corrected chi connectivity index (χ3v) is 13.7. The van der Waals surface area contributed by atoms with Gasteiger partial charge in [-0.15, -0.1) is 0 Å². The van der Waals surface area contributed by atoms with Crippen molar-refractivity contribution >= 4 is 53.9 Å². The van der Waals surface area contributed by atoms with Crippen molar-refractivity contribution in [1.29, 1.82) is 0 Å². The quantitative estimate of drug-likeness (QED) is 0.124. The Kier molecular flexibility index (Phi) is 7.70. The standard InChI is InChI=1S/C59H48/c1-57(2,3)59(58(4,5)6)52-36-42-34-41(33-32-40(42)35-51(52)55-45-22-12-10-20-43(45)44-21-11-17-27-50(44)56(55)59)54-48-25-15-13-23-46(48)53(47-24-14-16-26-49(47)54)39-30-28-38(29-31-39)37-18-8-7-9-19-37/h7-36H,1-6H3. The van der Waals surface area contributed by atoms with Gasteiger partial charge in [0.25, 0.3) is 0 Å². The van der Waals surface area contributed by atoms with Crippen molar-refractivity contribution in [3.63, 3.8) is 0 Å². The molecular formula is C59H48. The fourth-order valence-electron chi connectivity index (χ4n) is 11.8. The molecule has 0 saturated carbocycles. The molecule has 0 saturated heterocycles. The van der Waals surface area contributed by atoms with E-state index in [9.17, 15) is 0 Å². The Hall–Kier alpha value is -6.50. The highest BCUT2D eigenvalue weighted by Crippen LogP contribution is 2.67. The summed E-state index contributed by atoms with van der Waals surface area (Å²) in [5.41, 5.74) is 12.8. The van der Waals surface area contributed by atoms with Gasteiger partial charge in [-0.25, -0.2) is 0 Å². The minimum atomic E-state index is -0.268. The first-order valence-corrected chi connectivity index (χ1v) is 21.2. The fraction of sp³-hybridized carbons (Fsp3) is 0.153. The van der Waals surface area contributed by atoms with E-state index in [1.54, 1.807) is 0 Å². The van der Waals surface area contributed by atoms with Gasteiger partial charge in [-0.05, 0) is 139 Å². The molecule has 0 heteroatoms. The van der Waals surface area contributed by atoms with E-state index in [4.69, 9.17) is 0 Å². The first kappa shape index (κ1) is 35.6. The predicted molar refractivity (Wildman–Crippen MR) is 255 cm³/mol. The van der Waals surface area contributed by atoms with Crippen LogP contribution in [0.15, 0.2) is 182 Å². The van der Waals surface area contributed by atoms with Gasteiger partial charge in [0.2, 0.25) is 0 Å². The SMILES string of the molecule is CC(C)(C)C1(C(C)(C)C)c2cc3cc(-c4c5ccccc5c(-c5ccc(-c6ccccc6)cc5)c5ccccc45)ccc3cc2-c2c1c1ccccc1c1ccccc21. The van der Waals surface area contributed by atoms with E-state index in [-0.39, 0.29) is 16.2 Å². The molecule has 1 aliphatic rings. The third-order valence-electron chi connectivity index (χ3n) is 13.7. The van der Waals surface area contributed by atoms with Crippen LogP contribution in [0.3, 0.4) is 0 Å². The molecule has 0 nitrogen and oxygen atoms in total. The predicted octanol–water partition coefficient (Wildman–Crippen LogP) is 16.8. The average Bonchev–Trinajstić information content (AvgIpc) is 3.57. The minimum absolute atomic E-state index is 0.0939. The molecule has 0 amide bonds. The lowest BCUT2D eigenvalue weighted by atomic mass is 9.49. The summed E-state index contributed by atoms with van der Waals surface area (Å²) >= 11 is 0. The van der Waals surface area contributed by atoms with E-state index in [1.165, 1.54) is 109 Å². The molecule has 1 aliphatic carbocycles. The van der Waals surface area contributed by atoms with E-state index >= 15 is 0 Å². The normalized spacial score (nSPS) is 13.7. The van der Waals surface area contributed by atoms with Gasteiger partial charge < -0.3 is 0 Å². The summed E-state index contributed by atoms with van der Waals surface area (Å²) in [6, 6.07) is 68.4. The lowest BCUT2D eigenvalue weighted by Gasteiger charge is -2.53. The van der Waals surface area contributed by atoms with Gasteiger partial charge in [0.15, 0.2) is 0 Å². The zero-order valence-electron chi connectivity index (χ0n) is 34.8. The van der Waals surface area contributed by atoms with E-state index in [2.05, 4.69) is 224 Å². The van der Waals surface area contributed by atoms with E-state index in [0.717, 1.165) is 0 Å². The number of hydrogen-bond donors (Lipinski definition) is 0. The first-order chi connectivity index (χ1) is 28.6. The van der Waals surface area contributed by atoms with Gasteiger partial charge >= 0.3 is 0 Å². The number of rotatable bonds is 3. The van der Waals surface area contributed by atoms with Gasteiger partial charge in [0.05, 0.1) is 0 Å². The van der Waals surface area contributed by atoms with Crippen LogP contribution in [0, 0.1) is 10.8 Å². The molecule has 0 atom stereocenters. The Morgan fingerprint density at radius 1 is 0.305 bits per heavy atom. The topological polar surface area (TPSA) is 0 Å². The second-order valence-electron chi connectivity index (χ2n) is 18.8. The highest BCUT2D eigenvalue weighted by Gasteiger charge is 2.58. The van der Waals surface area contributed by atoms with Crippen LogP contribution in [-0.2, 0) is 5.41 Å². The summed E-state index contributed by atoms with van der Waals surface area (Å²) < 4.78 is 0. The van der Waals surface area contributed by atoms with Crippen molar-refractivity contribution in [1.82, 2.24) is 0 Å². The second kappa shape index (κ2) is 12.7. The van der Waals surface area contributed by atoms with Gasteiger partial charge in [0, 0.05) is 5.41 Å². The summed E-state index contributed by atoms with van der Waals surface area (Å²) in [6.45, 7) is 14.8. The average molecular weight is 757 g/mol. The molecule has 0 spiro atoms. The van der Waals surface area contributed by atoms with Crippen LogP contribution in [0.2, 0.25) is 0 Å². The van der Waals surface area contributed by atoms with Crippen molar-refractivity contribution in [2.75, 3.05) is 0 Å².